The number of rotatable bonds is 5. The zero-order valence-corrected chi connectivity index (χ0v) is 13.1. The number of sulfonamides is 1. The smallest absolute Gasteiger partial charge is 0.263 e. The van der Waals surface area contributed by atoms with Crippen LogP contribution in [0, 0.1) is 11.7 Å². The average Bonchev–Trinajstić information content (AvgIpc) is 2.78. The van der Waals surface area contributed by atoms with Crippen LogP contribution in [0.3, 0.4) is 0 Å². The number of hydrogen-bond donors (Lipinski definition) is 2. The van der Waals surface area contributed by atoms with Crippen molar-refractivity contribution in [3.8, 4) is 0 Å². The molecule has 3 N–H and O–H groups in total. The summed E-state index contributed by atoms with van der Waals surface area (Å²) in [5, 5.41) is 8.64. The predicted molar refractivity (Wildman–Crippen MR) is 80.1 cm³/mol. The van der Waals surface area contributed by atoms with Crippen LogP contribution in [0.1, 0.15) is 18.9 Å². The van der Waals surface area contributed by atoms with Gasteiger partial charge in [-0.05, 0) is 24.1 Å². The van der Waals surface area contributed by atoms with Crippen molar-refractivity contribution < 1.29 is 12.8 Å². The average molecular weight is 330 g/mol. The first-order chi connectivity index (χ1) is 9.78. The number of halogens is 1. The third-order valence-corrected chi connectivity index (χ3v) is 4.88. The normalized spacial score (nSPS) is 11.8. The lowest BCUT2D eigenvalue weighted by Crippen LogP contribution is -2.13. The topological polar surface area (TPSA) is 98.0 Å². The van der Waals surface area contributed by atoms with Gasteiger partial charge in [-0.1, -0.05) is 25.2 Å². The Kier molecular flexibility index (Phi) is 4.43. The molecular formula is C12H15FN4O2S2. The number of nitrogen functional groups attached to an aromatic ring is 1. The second-order valence-corrected chi connectivity index (χ2v) is 7.63. The van der Waals surface area contributed by atoms with E-state index in [1.165, 1.54) is 11.3 Å². The fourth-order valence-electron chi connectivity index (χ4n) is 1.59. The van der Waals surface area contributed by atoms with Crippen LogP contribution in [-0.4, -0.2) is 18.6 Å². The van der Waals surface area contributed by atoms with E-state index >= 15 is 0 Å². The fraction of sp³-hybridized carbons (Fsp3) is 0.333. The minimum atomic E-state index is -3.86. The first kappa shape index (κ1) is 15.6. The van der Waals surface area contributed by atoms with Crippen molar-refractivity contribution >= 4 is 32.2 Å². The SMILES string of the molecule is CC(C)Cc1nnc(NS(=O)(=O)c2ccc(F)c(N)c2)s1. The highest BCUT2D eigenvalue weighted by Gasteiger charge is 2.18. The van der Waals surface area contributed by atoms with E-state index in [0.717, 1.165) is 29.6 Å². The van der Waals surface area contributed by atoms with E-state index in [-0.39, 0.29) is 15.7 Å². The molecule has 0 unspecified atom stereocenters. The van der Waals surface area contributed by atoms with Gasteiger partial charge in [-0.15, -0.1) is 10.2 Å². The summed E-state index contributed by atoms with van der Waals surface area (Å²) in [5.41, 5.74) is 5.15. The molecule has 1 heterocycles. The van der Waals surface area contributed by atoms with Crippen molar-refractivity contribution in [3.05, 3.63) is 29.0 Å². The van der Waals surface area contributed by atoms with Crippen molar-refractivity contribution in [3.63, 3.8) is 0 Å². The Morgan fingerprint density at radius 2 is 2.10 bits per heavy atom. The van der Waals surface area contributed by atoms with Crippen LogP contribution in [0.2, 0.25) is 0 Å². The lowest BCUT2D eigenvalue weighted by atomic mass is 10.1. The molecule has 0 radical (unpaired) electrons. The van der Waals surface area contributed by atoms with Gasteiger partial charge in [0.2, 0.25) is 5.13 Å². The molecule has 21 heavy (non-hydrogen) atoms. The van der Waals surface area contributed by atoms with Crippen LogP contribution in [-0.2, 0) is 16.4 Å². The van der Waals surface area contributed by atoms with Crippen LogP contribution >= 0.6 is 11.3 Å². The molecule has 0 amide bonds. The zero-order valence-electron chi connectivity index (χ0n) is 11.5. The van der Waals surface area contributed by atoms with Crippen LogP contribution < -0.4 is 10.5 Å². The van der Waals surface area contributed by atoms with E-state index in [9.17, 15) is 12.8 Å². The molecule has 1 aromatic heterocycles. The van der Waals surface area contributed by atoms with E-state index < -0.39 is 15.8 Å². The summed E-state index contributed by atoms with van der Waals surface area (Å²) in [4.78, 5) is -0.123. The second-order valence-electron chi connectivity index (χ2n) is 4.89. The van der Waals surface area contributed by atoms with Crippen molar-refractivity contribution in [2.24, 2.45) is 5.92 Å². The van der Waals surface area contributed by atoms with Crippen molar-refractivity contribution in [1.82, 2.24) is 10.2 Å². The summed E-state index contributed by atoms with van der Waals surface area (Å²) in [6.45, 7) is 4.07. The largest absolute Gasteiger partial charge is 0.396 e. The molecule has 2 aromatic rings. The van der Waals surface area contributed by atoms with Gasteiger partial charge in [-0.3, -0.25) is 4.72 Å². The van der Waals surface area contributed by atoms with E-state index in [1.54, 1.807) is 0 Å². The highest BCUT2D eigenvalue weighted by molar-refractivity contribution is 7.93. The first-order valence-electron chi connectivity index (χ1n) is 6.18. The van der Waals surface area contributed by atoms with Crippen molar-refractivity contribution in [2.45, 2.75) is 25.2 Å². The number of nitrogens with zero attached hydrogens (tertiary/aromatic N) is 2. The van der Waals surface area contributed by atoms with Crippen molar-refractivity contribution in [1.29, 1.82) is 0 Å². The molecule has 6 nitrogen and oxygen atoms in total. The molecule has 0 aliphatic carbocycles. The third kappa shape index (κ3) is 3.88. The second kappa shape index (κ2) is 5.94. The minimum absolute atomic E-state index is 0.123. The van der Waals surface area contributed by atoms with Gasteiger partial charge in [0.05, 0.1) is 10.6 Å². The molecule has 114 valence electrons. The molecule has 0 saturated carbocycles. The molecule has 2 rings (SSSR count). The molecule has 0 atom stereocenters. The fourth-order valence-corrected chi connectivity index (χ4v) is 3.81. The molecule has 0 fully saturated rings. The molecule has 9 heteroatoms. The Morgan fingerprint density at radius 3 is 2.71 bits per heavy atom. The standard InChI is InChI=1S/C12H15FN4O2S2/c1-7(2)5-11-15-16-12(20-11)17-21(18,19)8-3-4-9(13)10(14)6-8/h3-4,6-7H,5,14H2,1-2H3,(H,16,17). The minimum Gasteiger partial charge on any atom is -0.396 e. The third-order valence-electron chi connectivity index (χ3n) is 2.55. The lowest BCUT2D eigenvalue weighted by molar-refractivity contribution is 0.600. The van der Waals surface area contributed by atoms with E-state index in [1.807, 2.05) is 13.8 Å². The molecule has 0 aliphatic heterocycles. The van der Waals surface area contributed by atoms with Gasteiger partial charge in [-0.2, -0.15) is 0 Å². The first-order valence-corrected chi connectivity index (χ1v) is 8.48. The summed E-state index contributed by atoms with van der Waals surface area (Å²) in [7, 11) is -3.86. The van der Waals surface area contributed by atoms with E-state index in [2.05, 4.69) is 14.9 Å². The van der Waals surface area contributed by atoms with Gasteiger partial charge in [0.1, 0.15) is 10.8 Å². The molecule has 0 bridgehead atoms. The molecule has 0 spiro atoms. The number of benzene rings is 1. The van der Waals surface area contributed by atoms with E-state index in [0.29, 0.717) is 5.92 Å². The Labute approximate surface area is 126 Å². The van der Waals surface area contributed by atoms with Crippen molar-refractivity contribution in [2.75, 3.05) is 10.5 Å². The van der Waals surface area contributed by atoms with E-state index in [4.69, 9.17) is 5.73 Å². The van der Waals surface area contributed by atoms with Crippen LogP contribution in [0.5, 0.6) is 0 Å². The maximum absolute atomic E-state index is 13.1. The number of nitrogens with one attached hydrogen (secondary N) is 1. The maximum atomic E-state index is 13.1. The molecule has 0 saturated heterocycles. The van der Waals surface area contributed by atoms with Gasteiger partial charge in [0.15, 0.2) is 0 Å². The van der Waals surface area contributed by atoms with Gasteiger partial charge in [-0.25, -0.2) is 12.8 Å². The van der Waals surface area contributed by atoms with Gasteiger partial charge in [0.25, 0.3) is 10.0 Å². The number of nitrogens with two attached hydrogens (primary N) is 1. The molecule has 1 aromatic carbocycles. The predicted octanol–water partition coefficient (Wildman–Crippen LogP) is 2.26. The monoisotopic (exact) mass is 330 g/mol. The van der Waals surface area contributed by atoms with Gasteiger partial charge < -0.3 is 5.73 Å². The molecular weight excluding hydrogens is 315 g/mol. The summed E-state index contributed by atoms with van der Waals surface area (Å²) in [6, 6.07) is 3.21. The van der Waals surface area contributed by atoms with Gasteiger partial charge >= 0.3 is 0 Å². The maximum Gasteiger partial charge on any atom is 0.263 e. The Balaban J connectivity index is 2.20. The zero-order chi connectivity index (χ0) is 15.6. The Bertz CT molecular complexity index is 743. The van der Waals surface area contributed by atoms with Crippen LogP contribution in [0.4, 0.5) is 15.2 Å². The summed E-state index contributed by atoms with van der Waals surface area (Å²) in [5.74, 6) is -0.261. The van der Waals surface area contributed by atoms with Crippen LogP contribution in [0.15, 0.2) is 23.1 Å². The summed E-state index contributed by atoms with van der Waals surface area (Å²) < 4.78 is 39.7. The number of hydrogen-bond acceptors (Lipinski definition) is 6. The highest BCUT2D eigenvalue weighted by Crippen LogP contribution is 2.23. The van der Waals surface area contributed by atoms with Gasteiger partial charge in [0, 0.05) is 6.42 Å². The quantitative estimate of drug-likeness (QED) is 0.819. The number of aromatic nitrogens is 2. The van der Waals surface area contributed by atoms with Crippen LogP contribution in [0.25, 0.3) is 0 Å². The summed E-state index contributed by atoms with van der Waals surface area (Å²) in [6.07, 6.45) is 0.725. The summed E-state index contributed by atoms with van der Waals surface area (Å²) >= 11 is 1.17. The Hall–Kier alpha value is -1.74. The molecule has 0 aliphatic rings. The number of anilines is 2. The lowest BCUT2D eigenvalue weighted by Gasteiger charge is -2.05. The highest BCUT2D eigenvalue weighted by atomic mass is 32.2. The Morgan fingerprint density at radius 1 is 1.38 bits per heavy atom.